The van der Waals surface area contributed by atoms with Gasteiger partial charge >= 0.3 is 5.97 Å². The molecular weight excluding hydrogens is 1720 g/mol. The number of methoxy groups -OCH3 is 4. The van der Waals surface area contributed by atoms with Crippen LogP contribution < -0.4 is 48.9 Å². The molecule has 135 heavy (non-hydrogen) atoms. The molecule has 0 fully saturated rings. The number of carboxylic acids is 1. The van der Waals surface area contributed by atoms with E-state index in [0.29, 0.717) is 214 Å². The first-order valence-corrected chi connectivity index (χ1v) is 44.9. The van der Waals surface area contributed by atoms with Crippen LogP contribution in [0.3, 0.4) is 0 Å². The Balaban J connectivity index is 0.000000173. The Kier molecular flexibility index (Phi) is 28.6. The third kappa shape index (κ3) is 21.2. The van der Waals surface area contributed by atoms with Gasteiger partial charge in [-0.1, -0.05) is 61.4 Å². The molecule has 4 atom stereocenters. The van der Waals surface area contributed by atoms with Gasteiger partial charge < -0.3 is 73.7 Å². The van der Waals surface area contributed by atoms with Crippen molar-refractivity contribution in [1.82, 2.24) is 29.4 Å². The highest BCUT2D eigenvalue weighted by atomic mass is 16.5. The Bertz CT molecular complexity index is 6290. The zero-order valence-electron chi connectivity index (χ0n) is 75.6. The second-order valence-electron chi connectivity index (χ2n) is 33.6. The second-order valence-corrected chi connectivity index (χ2v) is 33.6. The number of amides is 9. The minimum absolute atomic E-state index is 0.0884. The average Bonchev–Trinajstić information content (AvgIpc) is 1.65. The van der Waals surface area contributed by atoms with Crippen LogP contribution in [0.15, 0.2) is 215 Å². The summed E-state index contributed by atoms with van der Waals surface area (Å²) in [6.45, 7) is 5.95. The molecule has 10 aliphatic rings. The number of aliphatic carboxylic acids is 1. The summed E-state index contributed by atoms with van der Waals surface area (Å²) in [4.78, 5) is 152. The van der Waals surface area contributed by atoms with Crippen LogP contribution in [-0.4, -0.2) is 211 Å². The number of imide groups is 2. The van der Waals surface area contributed by atoms with E-state index in [1.807, 2.05) is 179 Å². The summed E-state index contributed by atoms with van der Waals surface area (Å²) in [6.07, 6.45) is 28.0. The summed E-state index contributed by atoms with van der Waals surface area (Å²) in [5, 5.41) is 11.3. The van der Waals surface area contributed by atoms with E-state index in [4.69, 9.17) is 68.7 Å². The van der Waals surface area contributed by atoms with Crippen LogP contribution in [0.4, 0.5) is 34.1 Å². The van der Waals surface area contributed by atoms with E-state index in [-0.39, 0.29) is 83.8 Å². The fraction of sp³-hybridized carbons (Fsp3) is 0.288. The maximum Gasteiger partial charge on any atom is 0.303 e. The molecule has 0 radical (unpaired) electrons. The number of carbonyl (C=O) groups excluding carboxylic acids is 9. The van der Waals surface area contributed by atoms with Gasteiger partial charge in [-0.05, 0) is 168 Å². The number of benzene rings is 8. The van der Waals surface area contributed by atoms with Crippen molar-refractivity contribution in [1.29, 1.82) is 0 Å². The molecule has 0 aromatic heterocycles. The summed E-state index contributed by atoms with van der Waals surface area (Å²) < 4.78 is 46.5. The largest absolute Gasteiger partial charge is 0.497 e. The molecule has 692 valence electrons. The summed E-state index contributed by atoms with van der Waals surface area (Å²) in [5.74, 6) is 2.06. The van der Waals surface area contributed by atoms with Crippen molar-refractivity contribution >= 4 is 140 Å². The molecule has 18 rings (SSSR count). The zero-order valence-corrected chi connectivity index (χ0v) is 75.6. The number of anilines is 2. The normalized spacial score (nSPS) is 17.8. The minimum atomic E-state index is -0.815. The van der Waals surface area contributed by atoms with Crippen molar-refractivity contribution < 1.29 is 90.9 Å². The maximum absolute atomic E-state index is 14.0. The quantitative estimate of drug-likeness (QED) is 0.0195. The zero-order chi connectivity index (χ0) is 94.5. The number of hydrogen-bond donors (Lipinski definition) is 3. The molecule has 8 aromatic carbocycles. The van der Waals surface area contributed by atoms with Gasteiger partial charge in [-0.2, -0.15) is 0 Å². The monoisotopic (exact) mass is 1820 g/mol. The number of aryl methyl sites for hydroxylation is 2. The number of nitrogens with two attached hydrogens (primary N) is 1. The molecule has 0 aliphatic carbocycles. The number of nitrogens with zero attached hydrogens (tertiary/aromatic N) is 10. The highest BCUT2D eigenvalue weighted by molar-refractivity contribution is 6.14. The molecule has 0 saturated heterocycles. The first kappa shape index (κ1) is 92.5. The van der Waals surface area contributed by atoms with Crippen LogP contribution in [-0.2, 0) is 28.8 Å². The number of rotatable bonds is 33. The van der Waals surface area contributed by atoms with E-state index in [0.717, 1.165) is 67.2 Å². The van der Waals surface area contributed by atoms with E-state index in [1.54, 1.807) is 71.4 Å². The lowest BCUT2D eigenvalue weighted by atomic mass is 10.0. The molecule has 0 spiro atoms. The average molecular weight is 1820 g/mol. The molecule has 0 bridgehead atoms. The Labute approximate surface area is 779 Å². The van der Waals surface area contributed by atoms with E-state index in [9.17, 15) is 47.9 Å². The van der Waals surface area contributed by atoms with Gasteiger partial charge in [0.15, 0.2) is 23.0 Å². The predicted molar refractivity (Wildman–Crippen MR) is 511 cm³/mol. The molecule has 9 amide bonds. The number of aliphatic imine (C=N–C) groups is 4. The lowest BCUT2D eigenvalue weighted by molar-refractivity contribution is -0.138. The van der Waals surface area contributed by atoms with Gasteiger partial charge in [0.25, 0.3) is 47.3 Å². The number of hydrogen-bond acceptors (Lipinski definition) is 23. The van der Waals surface area contributed by atoms with Gasteiger partial charge in [0.2, 0.25) is 5.91 Å². The Morgan fingerprint density at radius 2 is 0.681 bits per heavy atom. The van der Waals surface area contributed by atoms with Crippen molar-refractivity contribution in [3.8, 4) is 46.0 Å². The van der Waals surface area contributed by atoms with Crippen LogP contribution in [0.2, 0.25) is 0 Å². The first-order chi connectivity index (χ1) is 65.5. The van der Waals surface area contributed by atoms with Crippen LogP contribution in [0.25, 0.3) is 22.3 Å². The number of ether oxygens (including phenoxy) is 8. The van der Waals surface area contributed by atoms with Gasteiger partial charge in [-0.25, -0.2) is 0 Å². The predicted octanol–water partition coefficient (Wildman–Crippen LogP) is 16.2. The van der Waals surface area contributed by atoms with E-state index in [1.165, 1.54) is 41.2 Å². The van der Waals surface area contributed by atoms with Crippen molar-refractivity contribution in [3.05, 3.63) is 250 Å². The lowest BCUT2D eigenvalue weighted by Crippen LogP contribution is -2.32. The fourth-order valence-corrected chi connectivity index (χ4v) is 17.2. The SMILES string of the molecule is COc1ccc(C2=CN3C(=O)c4cc(C)c(OCCCOc5cc6c(cc5OC)C(=O)N5C=C(c7ccc(N)cc7)C[C@H]5C=N6)cc4N=C[C@@H]3C2)cc1.COc1ccc(C2=CN3C(=O)c4cc(C)c(OCCCOc5cc6c(cc5OC)C(=O)N5C=C(c7ccc(NC(=O)CCCCCN8C(=O)C=CC8=O)cc7)C[C@H]5C=N6)cc4N=C[C@@H]3C2)cc1.O=C(O)CCCCCN1C(=O)C=CC1=O. The van der Waals surface area contributed by atoms with Crippen molar-refractivity contribution in [3.63, 3.8) is 0 Å². The number of nitrogen functional groups attached to an aromatic ring is 1. The highest BCUT2D eigenvalue weighted by Crippen LogP contribution is 2.45. The van der Waals surface area contributed by atoms with Crippen molar-refractivity contribution in [2.45, 2.75) is 128 Å². The molecular formula is C104H102N12O19. The summed E-state index contributed by atoms with van der Waals surface area (Å²) in [6, 6.07) is 44.2. The molecule has 10 heterocycles. The van der Waals surface area contributed by atoms with Gasteiger partial charge in [0, 0.05) is 174 Å². The standard InChI is InChI=1S/C52H50N6O9.C42H39N5O6.C10H13NO4/c1-32-22-41-43(53-28-38-24-36(31-57(38)51(41)62)34-11-15-40(64-2)16-12-34)26-45(32)66-20-7-21-67-47-27-44-42(25-46(47)65-3)52(63)58-30-35(23-39(58)29-54-44)33-9-13-37(14-10-33)55-48(59)8-5-4-6-19-56-49(60)17-18-50(56)61;1-25-15-34-36(44-21-31-17-29(24-46(31)41(34)48)27-7-11-33(50-2)12-8-27)19-38(25)52-13-4-14-53-40-20-37-35(18-39(40)51-3)42(49)47-23-28(16-32(47)22-45-37)26-5-9-30(43)10-6-26;12-8-5-6-9(13)11(8)7-3-1-2-4-10(14)15/h9-18,22,25-31,38-39H,4-8,19-21,23-24H2,1-3H3,(H,55,59);5-12,15,18-24,31-32H,4,13-14,16-17,43H2,1-3H3;5-6H,1-4,7H2,(H,14,15)/t38-,39-;31-,32-;/m00./s1. The number of carbonyl (C=O) groups is 10. The molecule has 31 nitrogen and oxygen atoms in total. The molecule has 0 unspecified atom stereocenters. The van der Waals surface area contributed by atoms with Gasteiger partial charge in [-0.15, -0.1) is 0 Å². The molecule has 8 aromatic rings. The third-order valence-electron chi connectivity index (χ3n) is 24.6. The minimum Gasteiger partial charge on any atom is -0.497 e. The number of carboxylic acid groups (broad SMARTS) is 1. The number of nitrogens with one attached hydrogen (secondary N) is 1. The van der Waals surface area contributed by atoms with Gasteiger partial charge in [0.1, 0.15) is 23.0 Å². The van der Waals surface area contributed by atoms with Crippen molar-refractivity contribution in [2.75, 3.05) is 79.0 Å². The fourth-order valence-electron chi connectivity index (χ4n) is 17.2. The summed E-state index contributed by atoms with van der Waals surface area (Å²) in [5.41, 5.74) is 21.2. The molecule has 10 aliphatic heterocycles. The smallest absolute Gasteiger partial charge is 0.303 e. The van der Waals surface area contributed by atoms with E-state index >= 15 is 0 Å². The first-order valence-electron chi connectivity index (χ1n) is 44.9. The van der Waals surface area contributed by atoms with Gasteiger partial charge in [-0.3, -0.25) is 77.7 Å². The molecule has 0 saturated carbocycles. The van der Waals surface area contributed by atoms with Crippen LogP contribution in [0, 0.1) is 13.8 Å². The number of fused-ring (bicyclic) bond motifs is 8. The van der Waals surface area contributed by atoms with Gasteiger partial charge in [0.05, 0.1) is 124 Å². The topological polar surface area (TPSA) is 372 Å². The Hall–Kier alpha value is -15.8. The Morgan fingerprint density at radius 1 is 0.370 bits per heavy atom. The third-order valence-corrected chi connectivity index (χ3v) is 24.6. The van der Waals surface area contributed by atoms with E-state index in [2.05, 4.69) is 5.32 Å². The second kappa shape index (κ2) is 41.7. The van der Waals surface area contributed by atoms with Crippen LogP contribution in [0.1, 0.15) is 165 Å². The van der Waals surface area contributed by atoms with Crippen molar-refractivity contribution in [2.24, 2.45) is 20.0 Å². The number of unbranched alkanes of at least 4 members (excludes halogenated alkanes) is 4. The van der Waals surface area contributed by atoms with Crippen LogP contribution >= 0.6 is 0 Å². The molecule has 4 N–H and O–H groups in total. The molecule has 31 heteroatoms. The summed E-state index contributed by atoms with van der Waals surface area (Å²) >= 11 is 0. The van der Waals surface area contributed by atoms with E-state index < -0.39 is 5.97 Å². The Morgan fingerprint density at radius 3 is 1.01 bits per heavy atom. The summed E-state index contributed by atoms with van der Waals surface area (Å²) in [7, 11) is 6.36. The maximum atomic E-state index is 14.0. The highest BCUT2D eigenvalue weighted by Gasteiger charge is 2.39. The lowest BCUT2D eigenvalue weighted by Gasteiger charge is -2.19. The van der Waals surface area contributed by atoms with Crippen LogP contribution in [0.5, 0.6) is 46.0 Å².